The van der Waals surface area contributed by atoms with Gasteiger partial charge in [-0.1, -0.05) is 24.3 Å². The lowest BCUT2D eigenvalue weighted by atomic mass is 10.3. The highest BCUT2D eigenvalue weighted by atomic mass is 19.3. The molecule has 0 fully saturated rings. The first-order valence-electron chi connectivity index (χ1n) is 6.27. The summed E-state index contributed by atoms with van der Waals surface area (Å²) in [6.45, 7) is -2.82. The van der Waals surface area contributed by atoms with Crippen molar-refractivity contribution >= 4 is 17.3 Å². The van der Waals surface area contributed by atoms with Crippen molar-refractivity contribution in [1.29, 1.82) is 0 Å². The van der Waals surface area contributed by atoms with Crippen molar-refractivity contribution in [2.75, 3.05) is 17.2 Å². The number of amides is 1. The number of hydrogen-bond acceptors (Lipinski definition) is 3. The van der Waals surface area contributed by atoms with E-state index in [1.165, 1.54) is 18.2 Å². The molecule has 0 heterocycles. The van der Waals surface area contributed by atoms with Crippen LogP contribution in [0.15, 0.2) is 54.6 Å². The van der Waals surface area contributed by atoms with E-state index in [4.69, 9.17) is 0 Å². The molecule has 0 aliphatic heterocycles. The van der Waals surface area contributed by atoms with Gasteiger partial charge in [-0.2, -0.15) is 8.78 Å². The topological polar surface area (TPSA) is 50.4 Å². The van der Waals surface area contributed by atoms with Crippen LogP contribution in [0.1, 0.15) is 0 Å². The van der Waals surface area contributed by atoms with Gasteiger partial charge in [0.15, 0.2) is 0 Å². The number of ether oxygens (including phenoxy) is 1. The Kier molecular flexibility index (Phi) is 5.09. The smallest absolute Gasteiger partial charge is 0.387 e. The first-order chi connectivity index (χ1) is 10.1. The molecule has 2 aromatic rings. The number of hydrogen-bond donors (Lipinski definition) is 2. The predicted octanol–water partition coefficient (Wildman–Crippen LogP) is 3.34. The van der Waals surface area contributed by atoms with E-state index in [0.717, 1.165) is 5.69 Å². The van der Waals surface area contributed by atoms with E-state index in [9.17, 15) is 13.6 Å². The monoisotopic (exact) mass is 292 g/mol. The van der Waals surface area contributed by atoms with Gasteiger partial charge in [-0.3, -0.25) is 4.79 Å². The lowest BCUT2D eigenvalue weighted by molar-refractivity contribution is -0.114. The maximum absolute atomic E-state index is 12.1. The average molecular weight is 292 g/mol. The Bertz CT molecular complexity index is 591. The standard InChI is InChI=1S/C15H14F2N2O2/c16-15(17)21-13-8-4-7-12(9-13)19-14(20)10-18-11-5-2-1-3-6-11/h1-9,15,18H,10H2,(H,19,20). The highest BCUT2D eigenvalue weighted by Crippen LogP contribution is 2.19. The number of para-hydroxylation sites is 1. The fraction of sp³-hybridized carbons (Fsp3) is 0.133. The number of alkyl halides is 2. The van der Waals surface area contributed by atoms with Crippen molar-refractivity contribution in [3.8, 4) is 5.75 Å². The normalized spacial score (nSPS) is 10.2. The Morgan fingerprint density at radius 1 is 1.05 bits per heavy atom. The second-order valence-corrected chi connectivity index (χ2v) is 4.17. The van der Waals surface area contributed by atoms with Gasteiger partial charge in [0.25, 0.3) is 0 Å². The quantitative estimate of drug-likeness (QED) is 0.858. The fourth-order valence-electron chi connectivity index (χ4n) is 1.69. The first kappa shape index (κ1) is 14.8. The molecular formula is C15H14F2N2O2. The predicted molar refractivity (Wildman–Crippen MR) is 76.6 cm³/mol. The fourth-order valence-corrected chi connectivity index (χ4v) is 1.69. The van der Waals surface area contributed by atoms with Crippen LogP contribution in [0.25, 0.3) is 0 Å². The number of benzene rings is 2. The van der Waals surface area contributed by atoms with E-state index >= 15 is 0 Å². The summed E-state index contributed by atoms with van der Waals surface area (Å²) in [7, 11) is 0. The zero-order valence-corrected chi connectivity index (χ0v) is 11.1. The van der Waals surface area contributed by atoms with Crippen molar-refractivity contribution in [3.63, 3.8) is 0 Å². The SMILES string of the molecule is O=C(CNc1ccccc1)Nc1cccc(OC(F)F)c1. The molecule has 0 saturated carbocycles. The number of nitrogens with one attached hydrogen (secondary N) is 2. The molecular weight excluding hydrogens is 278 g/mol. The van der Waals surface area contributed by atoms with Gasteiger partial charge < -0.3 is 15.4 Å². The minimum absolute atomic E-state index is 0.00109. The molecule has 0 aromatic heterocycles. The number of carbonyl (C=O) groups excluding carboxylic acids is 1. The minimum Gasteiger partial charge on any atom is -0.435 e. The number of carbonyl (C=O) groups is 1. The van der Waals surface area contributed by atoms with Gasteiger partial charge in [0.2, 0.25) is 5.91 Å². The van der Waals surface area contributed by atoms with Crippen LogP contribution in [0, 0.1) is 0 Å². The van der Waals surface area contributed by atoms with Gasteiger partial charge in [0.1, 0.15) is 5.75 Å². The summed E-state index contributed by atoms with van der Waals surface area (Å²) in [6.07, 6.45) is 0. The summed E-state index contributed by atoms with van der Waals surface area (Å²) in [5, 5.41) is 5.55. The minimum atomic E-state index is -2.89. The van der Waals surface area contributed by atoms with Gasteiger partial charge in [-0.05, 0) is 24.3 Å². The third-order valence-corrected chi connectivity index (χ3v) is 2.57. The van der Waals surface area contributed by atoms with E-state index < -0.39 is 6.61 Å². The summed E-state index contributed by atoms with van der Waals surface area (Å²) in [5.74, 6) is -0.285. The van der Waals surface area contributed by atoms with Crippen LogP contribution in [-0.2, 0) is 4.79 Å². The van der Waals surface area contributed by atoms with Gasteiger partial charge >= 0.3 is 6.61 Å². The Morgan fingerprint density at radius 3 is 2.48 bits per heavy atom. The van der Waals surface area contributed by atoms with Crippen molar-refractivity contribution in [1.82, 2.24) is 0 Å². The summed E-state index contributed by atoms with van der Waals surface area (Å²) in [6, 6.07) is 15.1. The zero-order valence-electron chi connectivity index (χ0n) is 11.1. The Balaban J connectivity index is 1.87. The van der Waals surface area contributed by atoms with Crippen LogP contribution >= 0.6 is 0 Å². The lowest BCUT2D eigenvalue weighted by Crippen LogP contribution is -2.21. The molecule has 2 aromatic carbocycles. The Labute approximate surface area is 120 Å². The number of halogens is 2. The molecule has 0 aliphatic rings. The largest absolute Gasteiger partial charge is 0.435 e. The van der Waals surface area contributed by atoms with Crippen LogP contribution in [0.5, 0.6) is 5.75 Å². The Morgan fingerprint density at radius 2 is 1.76 bits per heavy atom. The average Bonchev–Trinajstić information content (AvgIpc) is 2.46. The summed E-state index contributed by atoms with van der Waals surface area (Å²) in [4.78, 5) is 11.8. The first-order valence-corrected chi connectivity index (χ1v) is 6.27. The Hall–Kier alpha value is -2.63. The van der Waals surface area contributed by atoms with E-state index in [1.807, 2.05) is 30.3 Å². The molecule has 110 valence electrons. The number of anilines is 2. The van der Waals surface area contributed by atoms with E-state index in [1.54, 1.807) is 6.07 Å². The van der Waals surface area contributed by atoms with Crippen LogP contribution in [0.4, 0.5) is 20.2 Å². The second kappa shape index (κ2) is 7.23. The second-order valence-electron chi connectivity index (χ2n) is 4.17. The molecule has 6 heteroatoms. The summed E-state index contributed by atoms with van der Waals surface area (Å²) in [5.41, 5.74) is 1.22. The zero-order chi connectivity index (χ0) is 15.1. The van der Waals surface area contributed by atoms with Crippen molar-refractivity contribution in [3.05, 3.63) is 54.6 Å². The molecule has 21 heavy (non-hydrogen) atoms. The molecule has 2 N–H and O–H groups in total. The van der Waals surface area contributed by atoms with Gasteiger partial charge in [0.05, 0.1) is 6.54 Å². The molecule has 0 aliphatic carbocycles. The molecule has 0 atom stereocenters. The highest BCUT2D eigenvalue weighted by Gasteiger charge is 2.06. The summed E-state index contributed by atoms with van der Waals surface area (Å²) < 4.78 is 28.5. The van der Waals surface area contributed by atoms with Gasteiger partial charge in [-0.15, -0.1) is 0 Å². The van der Waals surface area contributed by atoms with E-state index in [0.29, 0.717) is 5.69 Å². The lowest BCUT2D eigenvalue weighted by Gasteiger charge is -2.09. The van der Waals surface area contributed by atoms with Crippen LogP contribution in [0.2, 0.25) is 0 Å². The van der Waals surface area contributed by atoms with E-state index in [-0.39, 0.29) is 18.2 Å². The van der Waals surface area contributed by atoms with E-state index in [2.05, 4.69) is 15.4 Å². The third kappa shape index (κ3) is 5.10. The van der Waals surface area contributed by atoms with Crippen molar-refractivity contribution < 1.29 is 18.3 Å². The molecule has 0 radical (unpaired) electrons. The molecule has 2 rings (SSSR count). The van der Waals surface area contributed by atoms with Crippen LogP contribution in [0.3, 0.4) is 0 Å². The van der Waals surface area contributed by atoms with Crippen LogP contribution < -0.4 is 15.4 Å². The molecule has 0 saturated heterocycles. The number of rotatable bonds is 6. The molecule has 0 unspecified atom stereocenters. The maximum atomic E-state index is 12.1. The molecule has 0 bridgehead atoms. The van der Waals surface area contributed by atoms with Crippen LogP contribution in [-0.4, -0.2) is 19.1 Å². The molecule has 0 spiro atoms. The maximum Gasteiger partial charge on any atom is 0.387 e. The summed E-state index contributed by atoms with van der Waals surface area (Å²) >= 11 is 0. The molecule has 1 amide bonds. The van der Waals surface area contributed by atoms with Crippen molar-refractivity contribution in [2.24, 2.45) is 0 Å². The van der Waals surface area contributed by atoms with Gasteiger partial charge in [0, 0.05) is 17.4 Å². The van der Waals surface area contributed by atoms with Crippen molar-refractivity contribution in [2.45, 2.75) is 6.61 Å². The van der Waals surface area contributed by atoms with Gasteiger partial charge in [-0.25, -0.2) is 0 Å². The highest BCUT2D eigenvalue weighted by molar-refractivity contribution is 5.93. The third-order valence-electron chi connectivity index (χ3n) is 2.57. The molecule has 4 nitrogen and oxygen atoms in total.